The predicted molar refractivity (Wildman–Crippen MR) is 74.6 cm³/mol. The minimum Gasteiger partial charge on any atom is -0.480 e. The van der Waals surface area contributed by atoms with Crippen molar-refractivity contribution in [1.82, 2.24) is 5.32 Å². The molecule has 1 aromatic rings. The number of urea groups is 1. The van der Waals surface area contributed by atoms with Gasteiger partial charge in [0, 0.05) is 5.02 Å². The average molecular weight is 296 g/mol. The van der Waals surface area contributed by atoms with Crippen molar-refractivity contribution >= 4 is 29.3 Å². The molecule has 0 aliphatic carbocycles. The van der Waals surface area contributed by atoms with Crippen LogP contribution in [0.5, 0.6) is 0 Å². The molecule has 3 N–H and O–H groups in total. The van der Waals surface area contributed by atoms with E-state index in [1.54, 1.807) is 13.8 Å². The van der Waals surface area contributed by atoms with E-state index in [4.69, 9.17) is 22.0 Å². The lowest BCUT2D eigenvalue weighted by atomic mass is 10.1. The van der Waals surface area contributed by atoms with Gasteiger partial charge >= 0.3 is 12.0 Å². The average Bonchev–Trinajstić information content (AvgIpc) is 2.35. The van der Waals surface area contributed by atoms with Crippen molar-refractivity contribution in [3.63, 3.8) is 0 Å². The number of nitriles is 1. The van der Waals surface area contributed by atoms with E-state index in [2.05, 4.69) is 10.6 Å². The number of carboxylic acids is 1. The van der Waals surface area contributed by atoms with E-state index < -0.39 is 18.0 Å². The minimum atomic E-state index is -1.12. The molecule has 0 bridgehead atoms. The van der Waals surface area contributed by atoms with Gasteiger partial charge in [-0.15, -0.1) is 0 Å². The van der Waals surface area contributed by atoms with Crippen LogP contribution in [-0.2, 0) is 4.79 Å². The van der Waals surface area contributed by atoms with Crippen LogP contribution in [0.25, 0.3) is 0 Å². The second kappa shape index (κ2) is 6.78. The molecule has 0 saturated heterocycles. The summed E-state index contributed by atoms with van der Waals surface area (Å²) in [6.07, 6.45) is 0. The molecule has 7 heteroatoms. The molecular weight excluding hydrogens is 282 g/mol. The van der Waals surface area contributed by atoms with Crippen molar-refractivity contribution in [1.29, 1.82) is 5.26 Å². The molecule has 106 valence electrons. The number of anilines is 1. The third kappa shape index (κ3) is 4.14. The number of hydrogen-bond donors (Lipinski definition) is 3. The molecule has 0 fully saturated rings. The Morgan fingerprint density at radius 2 is 2.05 bits per heavy atom. The molecule has 1 rings (SSSR count). The first-order chi connectivity index (χ1) is 9.35. The van der Waals surface area contributed by atoms with Gasteiger partial charge in [0.15, 0.2) is 0 Å². The molecule has 0 radical (unpaired) electrons. The summed E-state index contributed by atoms with van der Waals surface area (Å²) in [5, 5.41) is 23.0. The van der Waals surface area contributed by atoms with E-state index in [-0.39, 0.29) is 17.2 Å². The van der Waals surface area contributed by atoms with E-state index in [0.29, 0.717) is 5.02 Å². The molecule has 20 heavy (non-hydrogen) atoms. The minimum absolute atomic E-state index is 0.227. The summed E-state index contributed by atoms with van der Waals surface area (Å²) in [4.78, 5) is 22.8. The van der Waals surface area contributed by atoms with Crippen LogP contribution in [0.4, 0.5) is 10.5 Å². The van der Waals surface area contributed by atoms with Crippen LogP contribution >= 0.6 is 11.6 Å². The number of nitrogens with zero attached hydrogens (tertiary/aromatic N) is 1. The largest absolute Gasteiger partial charge is 0.480 e. The SMILES string of the molecule is CC(C)C(NC(=O)Nc1cc(Cl)ccc1C#N)C(=O)O. The van der Waals surface area contributed by atoms with E-state index in [9.17, 15) is 9.59 Å². The van der Waals surface area contributed by atoms with E-state index >= 15 is 0 Å². The van der Waals surface area contributed by atoms with Gasteiger partial charge in [-0.3, -0.25) is 0 Å². The summed E-state index contributed by atoms with van der Waals surface area (Å²) in [5.74, 6) is -1.39. The quantitative estimate of drug-likeness (QED) is 0.794. The number of aliphatic carboxylic acids is 1. The number of carbonyl (C=O) groups is 2. The Labute approximate surface area is 121 Å². The molecule has 0 spiro atoms. The molecule has 0 saturated carbocycles. The maximum Gasteiger partial charge on any atom is 0.326 e. The lowest BCUT2D eigenvalue weighted by molar-refractivity contribution is -0.140. The monoisotopic (exact) mass is 295 g/mol. The predicted octanol–water partition coefficient (Wildman–Crippen LogP) is 2.44. The molecule has 6 nitrogen and oxygen atoms in total. The standard InChI is InChI=1S/C13H14ClN3O3/c1-7(2)11(12(18)19)17-13(20)16-10-5-9(14)4-3-8(10)6-15/h3-5,7,11H,1-2H3,(H,18,19)(H2,16,17,20). The van der Waals surface area contributed by atoms with Gasteiger partial charge in [-0.1, -0.05) is 25.4 Å². The first kappa shape index (κ1) is 15.8. The van der Waals surface area contributed by atoms with Crippen LogP contribution in [0.3, 0.4) is 0 Å². The molecule has 0 aliphatic rings. The Hall–Kier alpha value is -2.26. The van der Waals surface area contributed by atoms with Gasteiger partial charge in [0.25, 0.3) is 0 Å². The maximum absolute atomic E-state index is 11.8. The maximum atomic E-state index is 11.8. The highest BCUT2D eigenvalue weighted by atomic mass is 35.5. The third-order valence-electron chi connectivity index (χ3n) is 2.57. The Kier molecular flexibility index (Phi) is 5.35. The lowest BCUT2D eigenvalue weighted by Gasteiger charge is -2.18. The molecular formula is C13H14ClN3O3. The molecule has 1 unspecified atom stereocenters. The zero-order valence-electron chi connectivity index (χ0n) is 11.0. The van der Waals surface area contributed by atoms with E-state index in [0.717, 1.165) is 0 Å². The summed E-state index contributed by atoms with van der Waals surface area (Å²) < 4.78 is 0. The zero-order chi connectivity index (χ0) is 15.3. The zero-order valence-corrected chi connectivity index (χ0v) is 11.7. The summed E-state index contributed by atoms with van der Waals surface area (Å²) in [7, 11) is 0. The van der Waals surface area contributed by atoms with Crippen molar-refractivity contribution in [3.05, 3.63) is 28.8 Å². The van der Waals surface area contributed by atoms with Gasteiger partial charge in [-0.25, -0.2) is 9.59 Å². The van der Waals surface area contributed by atoms with E-state index in [1.807, 2.05) is 6.07 Å². The number of amides is 2. The van der Waals surface area contributed by atoms with Crippen LogP contribution in [0, 0.1) is 17.2 Å². The van der Waals surface area contributed by atoms with Gasteiger partial charge in [0.05, 0.1) is 11.3 Å². The van der Waals surface area contributed by atoms with Gasteiger partial charge in [-0.05, 0) is 24.1 Å². The third-order valence-corrected chi connectivity index (χ3v) is 2.80. The first-order valence-corrected chi connectivity index (χ1v) is 6.23. The first-order valence-electron chi connectivity index (χ1n) is 5.85. The Balaban J connectivity index is 2.84. The smallest absolute Gasteiger partial charge is 0.326 e. The van der Waals surface area contributed by atoms with E-state index in [1.165, 1.54) is 18.2 Å². The van der Waals surface area contributed by atoms with Crippen LogP contribution in [0.1, 0.15) is 19.4 Å². The van der Waals surface area contributed by atoms with Gasteiger partial charge in [0.1, 0.15) is 12.1 Å². The summed E-state index contributed by atoms with van der Waals surface area (Å²) >= 11 is 5.79. The molecule has 0 heterocycles. The number of nitrogens with one attached hydrogen (secondary N) is 2. The Morgan fingerprint density at radius 3 is 2.55 bits per heavy atom. The summed E-state index contributed by atoms with van der Waals surface area (Å²) in [6, 6.07) is 4.61. The summed E-state index contributed by atoms with van der Waals surface area (Å²) in [6.45, 7) is 3.36. The van der Waals surface area contributed by atoms with Crippen molar-refractivity contribution in [3.8, 4) is 6.07 Å². The fourth-order valence-corrected chi connectivity index (χ4v) is 1.70. The summed E-state index contributed by atoms with van der Waals surface area (Å²) in [5.41, 5.74) is 0.464. The van der Waals surface area contributed by atoms with Crippen molar-refractivity contribution in [2.24, 2.45) is 5.92 Å². The number of halogens is 1. The van der Waals surface area contributed by atoms with Crippen molar-refractivity contribution in [2.45, 2.75) is 19.9 Å². The Morgan fingerprint density at radius 1 is 1.40 bits per heavy atom. The van der Waals surface area contributed by atoms with Crippen molar-refractivity contribution in [2.75, 3.05) is 5.32 Å². The fourth-order valence-electron chi connectivity index (χ4n) is 1.53. The fraction of sp³-hybridized carbons (Fsp3) is 0.308. The van der Waals surface area contributed by atoms with Gasteiger partial charge < -0.3 is 15.7 Å². The van der Waals surface area contributed by atoms with Gasteiger partial charge in [-0.2, -0.15) is 5.26 Å². The molecule has 1 atom stereocenters. The van der Waals surface area contributed by atoms with Crippen LogP contribution in [0.15, 0.2) is 18.2 Å². The second-order valence-corrected chi connectivity index (χ2v) is 4.90. The van der Waals surface area contributed by atoms with Crippen molar-refractivity contribution < 1.29 is 14.7 Å². The highest BCUT2D eigenvalue weighted by Gasteiger charge is 2.23. The molecule has 0 aromatic heterocycles. The topological polar surface area (TPSA) is 102 Å². The van der Waals surface area contributed by atoms with Crippen LogP contribution in [0.2, 0.25) is 5.02 Å². The second-order valence-electron chi connectivity index (χ2n) is 4.46. The lowest BCUT2D eigenvalue weighted by Crippen LogP contribution is -2.46. The van der Waals surface area contributed by atoms with Crippen LogP contribution in [-0.4, -0.2) is 23.1 Å². The number of rotatable bonds is 4. The number of hydrogen-bond acceptors (Lipinski definition) is 3. The normalized spacial score (nSPS) is 11.6. The molecule has 2 amide bonds. The highest BCUT2D eigenvalue weighted by molar-refractivity contribution is 6.31. The number of carboxylic acid groups (broad SMARTS) is 1. The number of carbonyl (C=O) groups excluding carboxylic acids is 1. The Bertz CT molecular complexity index is 566. The number of benzene rings is 1. The molecule has 1 aromatic carbocycles. The molecule has 0 aliphatic heterocycles. The highest BCUT2D eigenvalue weighted by Crippen LogP contribution is 2.20. The van der Waals surface area contributed by atoms with Gasteiger partial charge in [0.2, 0.25) is 0 Å². The van der Waals surface area contributed by atoms with Crippen LogP contribution < -0.4 is 10.6 Å².